The van der Waals surface area contributed by atoms with Gasteiger partial charge in [0.25, 0.3) is 0 Å². The highest BCUT2D eigenvalue weighted by Gasteiger charge is 2.02. The molecule has 0 saturated carbocycles. The fourth-order valence-electron chi connectivity index (χ4n) is 1.41. The van der Waals surface area contributed by atoms with Gasteiger partial charge in [-0.3, -0.25) is 0 Å². The second-order valence-corrected chi connectivity index (χ2v) is 3.89. The molecule has 0 aliphatic heterocycles. The molecule has 0 aliphatic rings. The number of aromatic nitrogens is 3. The summed E-state index contributed by atoms with van der Waals surface area (Å²) in [4.78, 5) is 12.9. The summed E-state index contributed by atoms with van der Waals surface area (Å²) in [5, 5.41) is 4.09. The second kappa shape index (κ2) is 3.40. The number of nitrogens with zero attached hydrogens (tertiary/aromatic N) is 3. The van der Waals surface area contributed by atoms with Crippen molar-refractivity contribution in [3.63, 3.8) is 0 Å². The van der Waals surface area contributed by atoms with Gasteiger partial charge in [-0.25, -0.2) is 15.0 Å². The highest BCUT2D eigenvalue weighted by molar-refractivity contribution is 7.08. The summed E-state index contributed by atoms with van der Waals surface area (Å²) in [6.07, 6.45) is 3.48. The van der Waals surface area contributed by atoms with Gasteiger partial charge in [0.2, 0.25) is 0 Å². The van der Waals surface area contributed by atoms with E-state index < -0.39 is 0 Å². The Hall–Kier alpha value is -1.81. The monoisotopic (exact) mass is 213 g/mol. The molecule has 0 atom stereocenters. The SMILES string of the molecule is c1cnc2ncc(-c3ccsc3)nc2c1. The maximum atomic E-state index is 4.50. The van der Waals surface area contributed by atoms with E-state index in [0.717, 1.165) is 16.8 Å². The lowest BCUT2D eigenvalue weighted by Gasteiger charge is -1.98. The Morgan fingerprint density at radius 3 is 3.00 bits per heavy atom. The van der Waals surface area contributed by atoms with Crippen LogP contribution in [0.3, 0.4) is 0 Å². The lowest BCUT2D eigenvalue weighted by Crippen LogP contribution is -1.88. The van der Waals surface area contributed by atoms with Gasteiger partial charge < -0.3 is 0 Å². The van der Waals surface area contributed by atoms with Gasteiger partial charge in [-0.05, 0) is 23.6 Å². The zero-order valence-electron chi connectivity index (χ0n) is 7.79. The van der Waals surface area contributed by atoms with E-state index >= 15 is 0 Å². The predicted molar refractivity (Wildman–Crippen MR) is 60.6 cm³/mol. The standard InChI is InChI=1S/C11H7N3S/c1-2-9-11(12-4-1)13-6-10(14-9)8-3-5-15-7-8/h1-7H. The minimum Gasteiger partial charge on any atom is -0.243 e. The first kappa shape index (κ1) is 8.49. The average molecular weight is 213 g/mol. The smallest absolute Gasteiger partial charge is 0.178 e. The van der Waals surface area contributed by atoms with E-state index in [0.29, 0.717) is 5.65 Å². The molecule has 3 heterocycles. The van der Waals surface area contributed by atoms with Crippen LogP contribution in [-0.4, -0.2) is 15.0 Å². The molecular formula is C11H7N3S. The second-order valence-electron chi connectivity index (χ2n) is 3.11. The molecule has 0 amide bonds. The first-order valence-corrected chi connectivity index (χ1v) is 5.48. The minimum absolute atomic E-state index is 0.691. The van der Waals surface area contributed by atoms with Gasteiger partial charge in [-0.15, -0.1) is 0 Å². The zero-order chi connectivity index (χ0) is 10.1. The van der Waals surface area contributed by atoms with E-state index in [-0.39, 0.29) is 0 Å². The van der Waals surface area contributed by atoms with Crippen LogP contribution in [0, 0.1) is 0 Å². The van der Waals surface area contributed by atoms with Crippen molar-refractivity contribution >= 4 is 22.5 Å². The molecule has 0 spiro atoms. The zero-order valence-corrected chi connectivity index (χ0v) is 8.61. The predicted octanol–water partition coefficient (Wildman–Crippen LogP) is 2.75. The molecule has 3 aromatic heterocycles. The fourth-order valence-corrected chi connectivity index (χ4v) is 2.06. The summed E-state index contributed by atoms with van der Waals surface area (Å²) in [7, 11) is 0. The van der Waals surface area contributed by atoms with Crippen molar-refractivity contribution < 1.29 is 0 Å². The van der Waals surface area contributed by atoms with Crippen LogP contribution >= 0.6 is 11.3 Å². The number of hydrogen-bond acceptors (Lipinski definition) is 4. The summed E-state index contributed by atoms with van der Waals surface area (Å²) < 4.78 is 0. The van der Waals surface area contributed by atoms with Gasteiger partial charge in [0.15, 0.2) is 5.65 Å². The fraction of sp³-hybridized carbons (Fsp3) is 0. The van der Waals surface area contributed by atoms with Crippen LogP contribution in [-0.2, 0) is 0 Å². The van der Waals surface area contributed by atoms with Crippen LogP contribution in [0.4, 0.5) is 0 Å². The molecule has 0 aromatic carbocycles. The number of thiophene rings is 1. The third-order valence-electron chi connectivity index (χ3n) is 2.13. The lowest BCUT2D eigenvalue weighted by atomic mass is 10.2. The van der Waals surface area contributed by atoms with Crippen molar-refractivity contribution in [1.29, 1.82) is 0 Å². The molecule has 15 heavy (non-hydrogen) atoms. The van der Waals surface area contributed by atoms with Crippen molar-refractivity contribution in [2.24, 2.45) is 0 Å². The highest BCUT2D eigenvalue weighted by Crippen LogP contribution is 2.20. The first-order valence-electron chi connectivity index (χ1n) is 4.54. The van der Waals surface area contributed by atoms with Crippen LogP contribution in [0.25, 0.3) is 22.4 Å². The lowest BCUT2D eigenvalue weighted by molar-refractivity contribution is 1.23. The van der Waals surface area contributed by atoms with E-state index in [1.54, 1.807) is 23.7 Å². The van der Waals surface area contributed by atoms with Crippen molar-refractivity contribution in [1.82, 2.24) is 15.0 Å². The Kier molecular flexibility index (Phi) is 1.93. The van der Waals surface area contributed by atoms with Crippen molar-refractivity contribution in [3.05, 3.63) is 41.4 Å². The number of hydrogen-bond donors (Lipinski definition) is 0. The molecule has 0 bridgehead atoms. The van der Waals surface area contributed by atoms with Crippen LogP contribution in [0.15, 0.2) is 41.4 Å². The summed E-state index contributed by atoms with van der Waals surface area (Å²) in [5.74, 6) is 0. The van der Waals surface area contributed by atoms with Crippen LogP contribution in [0.1, 0.15) is 0 Å². The quantitative estimate of drug-likeness (QED) is 0.624. The van der Waals surface area contributed by atoms with Crippen molar-refractivity contribution in [3.8, 4) is 11.3 Å². The van der Waals surface area contributed by atoms with E-state index in [4.69, 9.17) is 0 Å². The normalized spacial score (nSPS) is 10.7. The van der Waals surface area contributed by atoms with Gasteiger partial charge >= 0.3 is 0 Å². The third kappa shape index (κ3) is 1.49. The molecule has 3 rings (SSSR count). The molecule has 4 heteroatoms. The molecule has 0 fully saturated rings. The largest absolute Gasteiger partial charge is 0.243 e. The highest BCUT2D eigenvalue weighted by atomic mass is 32.1. The third-order valence-corrected chi connectivity index (χ3v) is 2.82. The Labute approximate surface area is 90.5 Å². The summed E-state index contributed by atoms with van der Waals surface area (Å²) in [5.41, 5.74) is 3.53. The molecule has 0 radical (unpaired) electrons. The number of fused-ring (bicyclic) bond motifs is 1. The first-order chi connectivity index (χ1) is 7.43. The van der Waals surface area contributed by atoms with Gasteiger partial charge in [0.1, 0.15) is 5.52 Å². The van der Waals surface area contributed by atoms with Gasteiger partial charge in [-0.1, -0.05) is 0 Å². The Morgan fingerprint density at radius 1 is 1.13 bits per heavy atom. The average Bonchev–Trinajstić information content (AvgIpc) is 2.82. The Bertz CT molecular complexity index is 590. The molecule has 3 aromatic rings. The van der Waals surface area contributed by atoms with Crippen LogP contribution < -0.4 is 0 Å². The van der Waals surface area contributed by atoms with Crippen molar-refractivity contribution in [2.75, 3.05) is 0 Å². The van der Waals surface area contributed by atoms with E-state index in [9.17, 15) is 0 Å². The molecular weight excluding hydrogens is 206 g/mol. The Balaban J connectivity index is 2.22. The topological polar surface area (TPSA) is 38.7 Å². The van der Waals surface area contributed by atoms with E-state index in [1.807, 2.05) is 23.6 Å². The molecule has 0 saturated heterocycles. The maximum absolute atomic E-state index is 4.50. The maximum Gasteiger partial charge on any atom is 0.178 e. The van der Waals surface area contributed by atoms with Gasteiger partial charge in [0, 0.05) is 17.1 Å². The molecule has 0 unspecified atom stereocenters. The van der Waals surface area contributed by atoms with Crippen LogP contribution in [0.5, 0.6) is 0 Å². The minimum atomic E-state index is 0.691. The molecule has 0 aliphatic carbocycles. The number of pyridine rings is 1. The summed E-state index contributed by atoms with van der Waals surface area (Å²) in [6.45, 7) is 0. The van der Waals surface area contributed by atoms with E-state index in [2.05, 4.69) is 20.3 Å². The molecule has 0 N–H and O–H groups in total. The molecule has 72 valence electrons. The number of rotatable bonds is 1. The van der Waals surface area contributed by atoms with Crippen LogP contribution in [0.2, 0.25) is 0 Å². The summed E-state index contributed by atoms with van der Waals surface area (Å²) in [6, 6.07) is 5.83. The Morgan fingerprint density at radius 2 is 2.13 bits per heavy atom. The van der Waals surface area contributed by atoms with Gasteiger partial charge in [-0.2, -0.15) is 11.3 Å². The van der Waals surface area contributed by atoms with Crippen molar-refractivity contribution in [2.45, 2.75) is 0 Å². The molecule has 3 nitrogen and oxygen atoms in total. The van der Waals surface area contributed by atoms with Gasteiger partial charge in [0.05, 0.1) is 11.9 Å². The van der Waals surface area contributed by atoms with E-state index in [1.165, 1.54) is 0 Å². The summed E-state index contributed by atoms with van der Waals surface area (Å²) >= 11 is 1.66.